The zero-order valence-electron chi connectivity index (χ0n) is 13.8. The Hall–Kier alpha value is -2.24. The molecule has 0 aromatic carbocycles. The molecule has 0 N–H and O–H groups in total. The van der Waals surface area contributed by atoms with Gasteiger partial charge in [0.25, 0.3) is 0 Å². The Bertz CT molecular complexity index is 681. The van der Waals surface area contributed by atoms with Crippen LogP contribution < -0.4 is 0 Å². The first-order valence-electron chi connectivity index (χ1n) is 8.26. The largest absolute Gasteiger partial charge is 0.343 e. The van der Waals surface area contributed by atoms with Crippen LogP contribution >= 0.6 is 0 Å². The van der Waals surface area contributed by atoms with Gasteiger partial charge in [0, 0.05) is 39.0 Å². The van der Waals surface area contributed by atoms with Crippen molar-refractivity contribution in [2.45, 2.75) is 39.7 Å². The second-order valence-electron chi connectivity index (χ2n) is 6.11. The van der Waals surface area contributed by atoms with Gasteiger partial charge in [-0.3, -0.25) is 14.5 Å². The van der Waals surface area contributed by atoms with Crippen LogP contribution in [0.2, 0.25) is 0 Å². The van der Waals surface area contributed by atoms with Crippen LogP contribution in [0.4, 0.5) is 0 Å². The zero-order chi connectivity index (χ0) is 16.2. The maximum atomic E-state index is 11.6. The third-order valence-electron chi connectivity index (χ3n) is 4.43. The number of nitrogens with zero attached hydrogens (tertiary/aromatic N) is 5. The molecule has 6 nitrogen and oxygen atoms in total. The lowest BCUT2D eigenvalue weighted by Gasteiger charge is -2.31. The number of hydrogen-bond acceptors (Lipinski definition) is 4. The molecule has 0 bridgehead atoms. The van der Waals surface area contributed by atoms with Gasteiger partial charge in [0.2, 0.25) is 5.91 Å². The molecule has 0 spiro atoms. The smallest absolute Gasteiger partial charge is 0.219 e. The Morgan fingerprint density at radius 3 is 3.04 bits per heavy atom. The van der Waals surface area contributed by atoms with Crippen LogP contribution in [0.25, 0.3) is 11.4 Å². The second-order valence-corrected chi connectivity index (χ2v) is 6.11. The van der Waals surface area contributed by atoms with E-state index in [9.17, 15) is 4.79 Å². The molecule has 2 aromatic heterocycles. The van der Waals surface area contributed by atoms with Gasteiger partial charge in [-0.05, 0) is 38.2 Å². The molecule has 3 rings (SSSR count). The van der Waals surface area contributed by atoms with Crippen molar-refractivity contribution in [2.75, 3.05) is 13.1 Å². The van der Waals surface area contributed by atoms with E-state index < -0.39 is 0 Å². The van der Waals surface area contributed by atoms with Crippen LogP contribution in [-0.2, 0) is 17.8 Å². The van der Waals surface area contributed by atoms with E-state index in [-0.39, 0.29) is 5.91 Å². The van der Waals surface area contributed by atoms with Crippen LogP contribution in [0.3, 0.4) is 0 Å². The van der Waals surface area contributed by atoms with Gasteiger partial charge in [-0.1, -0.05) is 0 Å². The van der Waals surface area contributed by atoms with Gasteiger partial charge >= 0.3 is 0 Å². The first-order valence-corrected chi connectivity index (χ1v) is 8.26. The number of piperidine rings is 1. The number of aromatic nitrogens is 4. The molecule has 3 heterocycles. The summed E-state index contributed by atoms with van der Waals surface area (Å²) in [6.07, 6.45) is 8.49. The Balaban J connectivity index is 1.74. The molecule has 1 aliphatic heterocycles. The predicted octanol–water partition coefficient (Wildman–Crippen LogP) is 2.16. The van der Waals surface area contributed by atoms with Crippen LogP contribution in [-0.4, -0.2) is 43.6 Å². The number of hydrogen-bond donors (Lipinski definition) is 0. The molecule has 1 unspecified atom stereocenters. The van der Waals surface area contributed by atoms with Crippen molar-refractivity contribution in [2.24, 2.45) is 5.92 Å². The van der Waals surface area contributed by atoms with Crippen molar-refractivity contribution in [3.05, 3.63) is 30.4 Å². The summed E-state index contributed by atoms with van der Waals surface area (Å²) < 4.78 is 1.92. The van der Waals surface area contributed by atoms with E-state index in [1.54, 1.807) is 19.3 Å². The molecule has 1 atom stereocenters. The van der Waals surface area contributed by atoms with Crippen LogP contribution in [0.15, 0.2) is 24.7 Å². The topological polar surface area (TPSA) is 63.9 Å². The van der Waals surface area contributed by atoms with Crippen LogP contribution in [0.1, 0.15) is 32.4 Å². The third kappa shape index (κ3) is 3.57. The van der Waals surface area contributed by atoms with Crippen molar-refractivity contribution in [3.63, 3.8) is 0 Å². The monoisotopic (exact) mass is 313 g/mol. The lowest BCUT2D eigenvalue weighted by molar-refractivity contribution is -0.130. The van der Waals surface area contributed by atoms with E-state index in [1.165, 1.54) is 0 Å². The first-order chi connectivity index (χ1) is 11.2. The SMILES string of the molecule is CCn1nccc1-c1cncc(CC2CCCN(C(C)=O)C2)n1. The third-order valence-corrected chi connectivity index (χ3v) is 4.43. The molecular weight excluding hydrogens is 290 g/mol. The van der Waals surface area contributed by atoms with E-state index in [0.29, 0.717) is 5.92 Å². The van der Waals surface area contributed by atoms with Crippen LogP contribution in [0.5, 0.6) is 0 Å². The highest BCUT2D eigenvalue weighted by Gasteiger charge is 2.22. The number of carbonyl (C=O) groups excluding carboxylic acids is 1. The Kier molecular flexibility index (Phi) is 4.69. The van der Waals surface area contributed by atoms with Gasteiger partial charge < -0.3 is 4.90 Å². The number of carbonyl (C=O) groups is 1. The second kappa shape index (κ2) is 6.89. The molecule has 0 radical (unpaired) electrons. The molecule has 1 aliphatic rings. The van der Waals surface area contributed by atoms with E-state index in [1.807, 2.05) is 21.8 Å². The molecule has 0 aliphatic carbocycles. The van der Waals surface area contributed by atoms with E-state index >= 15 is 0 Å². The molecule has 6 heteroatoms. The number of likely N-dealkylation sites (tertiary alicyclic amines) is 1. The predicted molar refractivity (Wildman–Crippen MR) is 87.6 cm³/mol. The minimum atomic E-state index is 0.168. The molecule has 1 fully saturated rings. The van der Waals surface area contributed by atoms with Crippen LogP contribution in [0, 0.1) is 5.92 Å². The fraction of sp³-hybridized carbons (Fsp3) is 0.529. The summed E-state index contributed by atoms with van der Waals surface area (Å²) in [4.78, 5) is 22.6. The number of aryl methyl sites for hydroxylation is 1. The molecule has 1 saturated heterocycles. The van der Waals surface area contributed by atoms with Gasteiger partial charge in [0.15, 0.2) is 0 Å². The van der Waals surface area contributed by atoms with Crippen molar-refractivity contribution in [1.82, 2.24) is 24.6 Å². The quantitative estimate of drug-likeness (QED) is 0.867. The standard InChI is InChI=1S/C17H23N5O/c1-3-22-17(6-7-19-22)16-11-18-10-15(20-16)9-14-5-4-8-21(12-14)13(2)23/h6-7,10-11,14H,3-5,8-9,12H2,1-2H3. The Morgan fingerprint density at radius 1 is 1.39 bits per heavy atom. The molecule has 0 saturated carbocycles. The highest BCUT2D eigenvalue weighted by atomic mass is 16.2. The summed E-state index contributed by atoms with van der Waals surface area (Å²) in [7, 11) is 0. The summed E-state index contributed by atoms with van der Waals surface area (Å²) in [5.74, 6) is 0.634. The van der Waals surface area contributed by atoms with Gasteiger partial charge in [-0.25, -0.2) is 4.98 Å². The molecule has 1 amide bonds. The van der Waals surface area contributed by atoms with Gasteiger partial charge in [-0.2, -0.15) is 5.10 Å². The van der Waals surface area contributed by atoms with Crippen molar-refractivity contribution in [1.29, 1.82) is 0 Å². The van der Waals surface area contributed by atoms with E-state index in [4.69, 9.17) is 4.98 Å². The lowest BCUT2D eigenvalue weighted by atomic mass is 9.93. The van der Waals surface area contributed by atoms with Crippen molar-refractivity contribution < 1.29 is 4.79 Å². The van der Waals surface area contributed by atoms with Crippen molar-refractivity contribution >= 4 is 5.91 Å². The maximum absolute atomic E-state index is 11.6. The summed E-state index contributed by atoms with van der Waals surface area (Å²) in [5, 5.41) is 4.29. The fourth-order valence-corrected chi connectivity index (χ4v) is 3.24. The molecule has 23 heavy (non-hydrogen) atoms. The minimum absolute atomic E-state index is 0.168. The van der Waals surface area contributed by atoms with Gasteiger partial charge in [0.1, 0.15) is 5.69 Å². The summed E-state index contributed by atoms with van der Waals surface area (Å²) >= 11 is 0. The Morgan fingerprint density at radius 2 is 2.26 bits per heavy atom. The van der Waals surface area contributed by atoms with Gasteiger partial charge in [0.05, 0.1) is 17.6 Å². The lowest BCUT2D eigenvalue weighted by Crippen LogP contribution is -2.39. The highest BCUT2D eigenvalue weighted by Crippen LogP contribution is 2.22. The average Bonchev–Trinajstić information content (AvgIpc) is 3.04. The first kappa shape index (κ1) is 15.6. The van der Waals surface area contributed by atoms with E-state index in [2.05, 4.69) is 17.0 Å². The Labute approximate surface area is 136 Å². The molecule has 2 aromatic rings. The average molecular weight is 313 g/mol. The maximum Gasteiger partial charge on any atom is 0.219 e. The van der Waals surface area contributed by atoms with Gasteiger partial charge in [-0.15, -0.1) is 0 Å². The molecular formula is C17H23N5O. The number of rotatable bonds is 4. The van der Waals surface area contributed by atoms with Crippen molar-refractivity contribution in [3.8, 4) is 11.4 Å². The summed E-state index contributed by atoms with van der Waals surface area (Å²) in [6.45, 7) is 6.23. The minimum Gasteiger partial charge on any atom is -0.343 e. The molecule has 122 valence electrons. The fourth-order valence-electron chi connectivity index (χ4n) is 3.24. The normalized spacial score (nSPS) is 18.2. The number of amides is 1. The highest BCUT2D eigenvalue weighted by molar-refractivity contribution is 5.73. The summed E-state index contributed by atoms with van der Waals surface area (Å²) in [5.41, 5.74) is 2.85. The van der Waals surface area contributed by atoms with E-state index in [0.717, 1.165) is 56.0 Å². The summed E-state index contributed by atoms with van der Waals surface area (Å²) in [6, 6.07) is 1.97. The zero-order valence-corrected chi connectivity index (χ0v) is 13.8.